The Labute approximate surface area is 81.4 Å². The van der Waals surface area contributed by atoms with Crippen LogP contribution in [0.2, 0.25) is 0 Å². The number of alkyl halides is 2. The van der Waals surface area contributed by atoms with Gasteiger partial charge in [0.25, 0.3) is 0 Å². The van der Waals surface area contributed by atoms with Crippen LogP contribution < -0.4 is 0 Å². The summed E-state index contributed by atoms with van der Waals surface area (Å²) in [4.78, 5) is 10.6. The van der Waals surface area contributed by atoms with E-state index in [4.69, 9.17) is 0 Å². The van der Waals surface area contributed by atoms with Crippen molar-refractivity contribution in [3.63, 3.8) is 0 Å². The average molecular weight is 226 g/mol. The first-order valence-corrected chi connectivity index (χ1v) is 6.17. The highest BCUT2D eigenvalue weighted by Crippen LogP contribution is 2.34. The Hall–Kier alpha value is -0.520. The number of rotatable bonds is 2. The Morgan fingerprint density at radius 3 is 2.07 bits per heavy atom. The highest BCUT2D eigenvalue weighted by molar-refractivity contribution is 7.91. The number of sulfone groups is 1. The van der Waals surface area contributed by atoms with Crippen molar-refractivity contribution in [3.8, 4) is 0 Å². The first-order valence-electron chi connectivity index (χ1n) is 4.35. The molecule has 6 heteroatoms. The molecule has 1 heterocycles. The lowest BCUT2D eigenvalue weighted by Crippen LogP contribution is -2.40. The van der Waals surface area contributed by atoms with Crippen molar-refractivity contribution in [2.75, 3.05) is 11.5 Å². The lowest BCUT2D eigenvalue weighted by molar-refractivity contribution is -0.149. The van der Waals surface area contributed by atoms with Gasteiger partial charge in [-0.05, 0) is 12.8 Å². The van der Waals surface area contributed by atoms with Crippen molar-refractivity contribution < 1.29 is 22.0 Å². The van der Waals surface area contributed by atoms with E-state index < -0.39 is 27.5 Å². The normalized spacial score (nSPS) is 23.4. The number of Topliss-reactive ketones (excluding diaryl/α,β-unsaturated/α-hetero) is 1. The number of carbonyl (C=O) groups is 1. The van der Waals surface area contributed by atoms with E-state index in [2.05, 4.69) is 0 Å². The van der Waals surface area contributed by atoms with E-state index in [0.29, 0.717) is 0 Å². The van der Waals surface area contributed by atoms with Crippen LogP contribution in [0.3, 0.4) is 0 Å². The average Bonchev–Trinajstić information content (AvgIpc) is 2.03. The summed E-state index contributed by atoms with van der Waals surface area (Å²) in [5.41, 5.74) is 0. The largest absolute Gasteiger partial charge is 0.307 e. The van der Waals surface area contributed by atoms with Crippen molar-refractivity contribution in [2.45, 2.75) is 25.7 Å². The maximum atomic E-state index is 13.1. The Kier molecular flexibility index (Phi) is 2.94. The molecule has 0 saturated carbocycles. The number of hydrogen-bond donors (Lipinski definition) is 0. The van der Waals surface area contributed by atoms with Gasteiger partial charge in [0.05, 0.1) is 11.5 Å². The molecule has 1 aliphatic heterocycles. The van der Waals surface area contributed by atoms with Gasteiger partial charge in [0, 0.05) is 12.8 Å². The van der Waals surface area contributed by atoms with Gasteiger partial charge in [-0.15, -0.1) is 0 Å². The molecule has 0 aromatic carbocycles. The van der Waals surface area contributed by atoms with E-state index in [1.165, 1.54) is 0 Å². The molecule has 3 nitrogen and oxygen atoms in total. The van der Waals surface area contributed by atoms with E-state index in [0.717, 1.165) is 6.92 Å². The van der Waals surface area contributed by atoms with Crippen LogP contribution in [0.25, 0.3) is 0 Å². The molecule has 0 aromatic rings. The molecule has 1 rings (SSSR count). The quantitative estimate of drug-likeness (QED) is 0.706. The lowest BCUT2D eigenvalue weighted by Gasteiger charge is -2.27. The molecule has 82 valence electrons. The molecule has 0 N–H and O–H groups in total. The number of hydrogen-bond acceptors (Lipinski definition) is 3. The van der Waals surface area contributed by atoms with Gasteiger partial charge in [-0.3, -0.25) is 4.79 Å². The predicted molar refractivity (Wildman–Crippen MR) is 47.0 cm³/mol. The summed E-state index contributed by atoms with van der Waals surface area (Å²) in [5, 5.41) is 0. The van der Waals surface area contributed by atoms with Crippen molar-refractivity contribution in [2.24, 2.45) is 5.92 Å². The van der Waals surface area contributed by atoms with Crippen molar-refractivity contribution >= 4 is 15.6 Å². The molecule has 1 saturated heterocycles. The zero-order valence-electron chi connectivity index (χ0n) is 7.79. The van der Waals surface area contributed by atoms with Crippen LogP contribution in [0, 0.1) is 5.92 Å². The summed E-state index contributed by atoms with van der Waals surface area (Å²) in [6.07, 6.45) is -0.232. The predicted octanol–water partition coefficient (Wildman–Crippen LogP) is 1.04. The second-order valence-corrected chi connectivity index (χ2v) is 5.91. The maximum absolute atomic E-state index is 13.1. The minimum absolute atomic E-state index is 0.116. The fourth-order valence-electron chi connectivity index (χ4n) is 1.54. The third kappa shape index (κ3) is 2.29. The second-order valence-electron chi connectivity index (χ2n) is 3.61. The summed E-state index contributed by atoms with van der Waals surface area (Å²) >= 11 is 0. The molecular weight excluding hydrogens is 214 g/mol. The molecule has 0 spiro atoms. The van der Waals surface area contributed by atoms with Gasteiger partial charge in [-0.2, -0.15) is 8.78 Å². The topological polar surface area (TPSA) is 51.2 Å². The van der Waals surface area contributed by atoms with Gasteiger partial charge in [0.2, 0.25) is 0 Å². The lowest BCUT2D eigenvalue weighted by atomic mass is 9.93. The number of halogens is 2. The van der Waals surface area contributed by atoms with E-state index in [9.17, 15) is 22.0 Å². The Bertz CT molecular complexity index is 320. The van der Waals surface area contributed by atoms with E-state index in [-0.39, 0.29) is 24.3 Å². The van der Waals surface area contributed by atoms with Crippen molar-refractivity contribution in [1.29, 1.82) is 0 Å². The molecule has 0 bridgehead atoms. The molecule has 0 radical (unpaired) electrons. The third-order valence-corrected chi connectivity index (χ3v) is 4.25. The molecule has 14 heavy (non-hydrogen) atoms. The van der Waals surface area contributed by atoms with Crippen LogP contribution in [0.1, 0.15) is 19.8 Å². The zero-order valence-corrected chi connectivity index (χ0v) is 8.61. The van der Waals surface area contributed by atoms with E-state index in [1.807, 2.05) is 0 Å². The van der Waals surface area contributed by atoms with Crippen LogP contribution in [-0.2, 0) is 14.6 Å². The van der Waals surface area contributed by atoms with Crippen molar-refractivity contribution in [1.82, 2.24) is 0 Å². The fraction of sp³-hybridized carbons (Fsp3) is 0.875. The molecule has 0 unspecified atom stereocenters. The second kappa shape index (κ2) is 3.56. The van der Waals surface area contributed by atoms with Gasteiger partial charge < -0.3 is 0 Å². The Morgan fingerprint density at radius 2 is 1.71 bits per heavy atom. The van der Waals surface area contributed by atoms with E-state index in [1.54, 1.807) is 0 Å². The number of ketones is 1. The first-order chi connectivity index (χ1) is 6.26. The van der Waals surface area contributed by atoms with Gasteiger partial charge in [-0.25, -0.2) is 8.42 Å². The van der Waals surface area contributed by atoms with Gasteiger partial charge in [0.1, 0.15) is 9.84 Å². The summed E-state index contributed by atoms with van der Waals surface area (Å²) in [5.74, 6) is -6.12. The monoisotopic (exact) mass is 226 g/mol. The summed E-state index contributed by atoms with van der Waals surface area (Å²) < 4.78 is 48.2. The van der Waals surface area contributed by atoms with Crippen LogP contribution in [0.4, 0.5) is 8.78 Å². The molecule has 0 aromatic heterocycles. The Morgan fingerprint density at radius 1 is 1.29 bits per heavy atom. The number of carbonyl (C=O) groups excluding carboxylic acids is 1. The summed E-state index contributed by atoms with van der Waals surface area (Å²) in [6.45, 7) is 0.836. The van der Waals surface area contributed by atoms with E-state index >= 15 is 0 Å². The fourth-order valence-corrected chi connectivity index (χ4v) is 3.03. The highest BCUT2D eigenvalue weighted by Gasteiger charge is 2.46. The minimum Gasteiger partial charge on any atom is -0.293 e. The van der Waals surface area contributed by atoms with Crippen LogP contribution >= 0.6 is 0 Å². The van der Waals surface area contributed by atoms with Crippen LogP contribution in [-0.4, -0.2) is 31.6 Å². The smallest absolute Gasteiger partial charge is 0.293 e. The van der Waals surface area contributed by atoms with Crippen LogP contribution in [0.5, 0.6) is 0 Å². The van der Waals surface area contributed by atoms with Crippen LogP contribution in [0.15, 0.2) is 0 Å². The molecule has 0 aliphatic carbocycles. The summed E-state index contributed by atoms with van der Waals surface area (Å²) in [6, 6.07) is 0. The minimum atomic E-state index is -3.37. The SMILES string of the molecule is CC(=O)C(F)(F)C1CCS(=O)(=O)CC1. The zero-order chi connectivity index (χ0) is 11.0. The van der Waals surface area contributed by atoms with Gasteiger partial charge in [-0.1, -0.05) is 0 Å². The standard InChI is InChI=1S/C8H12F2O3S/c1-6(11)8(9,10)7-2-4-14(12,13)5-3-7/h7H,2-5H2,1H3. The first kappa shape index (κ1) is 11.6. The summed E-state index contributed by atoms with van der Waals surface area (Å²) in [7, 11) is -3.15. The molecular formula is C8H12F2O3S. The highest BCUT2D eigenvalue weighted by atomic mass is 32.2. The Balaban J connectivity index is 2.71. The third-order valence-electron chi connectivity index (χ3n) is 2.54. The molecule has 1 aliphatic rings. The molecule has 0 amide bonds. The van der Waals surface area contributed by atoms with Crippen molar-refractivity contribution in [3.05, 3.63) is 0 Å². The van der Waals surface area contributed by atoms with Gasteiger partial charge >= 0.3 is 5.92 Å². The van der Waals surface area contributed by atoms with Gasteiger partial charge in [0.15, 0.2) is 5.78 Å². The molecule has 1 fully saturated rings. The molecule has 0 atom stereocenters. The maximum Gasteiger partial charge on any atom is 0.307 e.